The first-order valence-corrected chi connectivity index (χ1v) is 41.8. The maximum absolute atomic E-state index is 12.8. The normalized spacial score (nSPS) is 13.6. The van der Waals surface area contributed by atoms with Crippen molar-refractivity contribution in [1.29, 1.82) is 0 Å². The number of hydrogen-bond donors (Lipinski definition) is 2. The Labute approximate surface area is 598 Å². The molecule has 10 heteroatoms. The molecule has 0 spiro atoms. The van der Waals surface area contributed by atoms with Crippen LogP contribution in [0.5, 0.6) is 0 Å². The van der Waals surface area contributed by atoms with E-state index in [0.29, 0.717) is 6.42 Å². The van der Waals surface area contributed by atoms with E-state index in [4.69, 9.17) is 24.3 Å². The van der Waals surface area contributed by atoms with Crippen LogP contribution in [0, 0.1) is 0 Å². The third-order valence-electron chi connectivity index (χ3n) is 17.2. The van der Waals surface area contributed by atoms with Crippen LogP contribution in [0.25, 0.3) is 0 Å². The van der Waals surface area contributed by atoms with Crippen LogP contribution in [0.1, 0.15) is 361 Å². The van der Waals surface area contributed by atoms with Crippen LogP contribution in [0.4, 0.5) is 0 Å². The number of ether oxygens (including phenoxy) is 2. The van der Waals surface area contributed by atoms with Gasteiger partial charge in [0, 0.05) is 19.4 Å². The summed E-state index contributed by atoms with van der Waals surface area (Å²) >= 11 is 0. The van der Waals surface area contributed by atoms with Crippen LogP contribution in [0.2, 0.25) is 0 Å². The number of unbranched alkanes of at least 4 members (excludes halogenated alkanes) is 38. The third-order valence-corrected chi connectivity index (χ3v) is 18.2. The molecular weight excluding hydrogens is 1220 g/mol. The lowest BCUT2D eigenvalue weighted by atomic mass is 10.0. The first-order chi connectivity index (χ1) is 47.8. The van der Waals surface area contributed by atoms with E-state index >= 15 is 0 Å². The summed E-state index contributed by atoms with van der Waals surface area (Å²) < 4.78 is 33.2. The Hall–Kier alpha value is -4.11. The Morgan fingerprint density at radius 2 is 0.567 bits per heavy atom. The summed E-state index contributed by atoms with van der Waals surface area (Å²) in [6.45, 7) is 3.64. The van der Waals surface area contributed by atoms with Crippen LogP contribution in [-0.2, 0) is 32.7 Å². The Bertz CT molecular complexity index is 2110. The number of carbonyl (C=O) groups excluding carboxylic acids is 2. The average molecular weight is 1370 g/mol. The van der Waals surface area contributed by atoms with E-state index in [-0.39, 0.29) is 38.6 Å². The first-order valence-electron chi connectivity index (χ1n) is 40.3. The summed E-state index contributed by atoms with van der Waals surface area (Å²) in [6, 6.07) is 0. The lowest BCUT2D eigenvalue weighted by molar-refractivity contribution is -0.161. The van der Waals surface area contributed by atoms with Crippen molar-refractivity contribution in [3.63, 3.8) is 0 Å². The predicted molar refractivity (Wildman–Crippen MR) is 422 cm³/mol. The summed E-state index contributed by atoms with van der Waals surface area (Å²) in [7, 11) is -4.41. The summed E-state index contributed by atoms with van der Waals surface area (Å²) in [5.74, 6) is -0.852. The average Bonchev–Trinajstić information content (AvgIpc) is 2.57. The van der Waals surface area contributed by atoms with Crippen molar-refractivity contribution in [1.82, 2.24) is 0 Å². The monoisotopic (exact) mass is 1370 g/mol. The zero-order chi connectivity index (χ0) is 70.0. The van der Waals surface area contributed by atoms with Gasteiger partial charge < -0.3 is 20.1 Å². The largest absolute Gasteiger partial charge is 0.472 e. The van der Waals surface area contributed by atoms with Gasteiger partial charge in [0.2, 0.25) is 0 Å². The number of esters is 2. The van der Waals surface area contributed by atoms with Gasteiger partial charge in [0.15, 0.2) is 6.10 Å². The number of phosphoric ester groups is 1. The summed E-state index contributed by atoms with van der Waals surface area (Å²) in [4.78, 5) is 35.4. The van der Waals surface area contributed by atoms with Crippen LogP contribution < -0.4 is 5.73 Å². The second-order valence-electron chi connectivity index (χ2n) is 26.6. The quantitative estimate of drug-likeness (QED) is 0.0264. The minimum Gasteiger partial charge on any atom is -0.462 e. The fraction of sp³-hybridized carbons (Fsp3) is 0.701. The number of rotatable bonds is 75. The lowest BCUT2D eigenvalue weighted by Crippen LogP contribution is -2.29. The van der Waals surface area contributed by atoms with Crippen LogP contribution in [0.15, 0.2) is 146 Å². The van der Waals surface area contributed by atoms with Crippen molar-refractivity contribution >= 4 is 19.8 Å². The highest BCUT2D eigenvalue weighted by Crippen LogP contribution is 2.43. The Morgan fingerprint density at radius 1 is 0.320 bits per heavy atom. The van der Waals surface area contributed by atoms with Gasteiger partial charge in [-0.05, 0) is 103 Å². The van der Waals surface area contributed by atoms with E-state index in [1.807, 2.05) is 0 Å². The lowest BCUT2D eigenvalue weighted by Gasteiger charge is -2.19. The molecule has 0 rings (SSSR count). The van der Waals surface area contributed by atoms with Gasteiger partial charge in [-0.2, -0.15) is 0 Å². The van der Waals surface area contributed by atoms with Crippen molar-refractivity contribution in [2.45, 2.75) is 367 Å². The van der Waals surface area contributed by atoms with E-state index in [1.54, 1.807) is 0 Å². The molecule has 97 heavy (non-hydrogen) atoms. The molecule has 2 unspecified atom stereocenters. The second kappa shape index (κ2) is 80.9. The standard InChI is InChI=1S/C87H150NO8P/c1-3-5-7-9-11-13-15-17-19-21-23-25-27-29-31-33-35-37-39-40-41-42-43-44-46-48-50-52-54-56-58-60-62-64-66-68-70-72-74-76-78-80-87(90)96-85(84-95-97(91,92)94-82-81-88)83-93-86(89)79-77-75-73-71-69-67-65-63-61-59-57-55-53-51-49-47-45-38-36-34-32-30-28-26-24-22-20-18-16-14-12-10-8-6-4-2/h5,7,11,13,17,19,23,25,29,31,35,37,40-41,43-44,48,50,54,56,60,62,66,68,85H,3-4,6,8-10,12,14-16,18,20-22,24,26-28,30,32-34,36,38-39,42,45-47,49,51-53,55,57-59,61,63-65,67,69-84,88H2,1-2H3,(H,91,92)/b7-5-,13-11-,19-17-,25-23-,31-29-,37-35-,41-40-,44-43-,50-48-,56-54-,62-60-,68-66-. The van der Waals surface area contributed by atoms with Crippen molar-refractivity contribution in [2.24, 2.45) is 5.73 Å². The molecule has 0 amide bonds. The molecule has 0 aliphatic rings. The smallest absolute Gasteiger partial charge is 0.462 e. The summed E-state index contributed by atoms with van der Waals surface area (Å²) in [5.41, 5.74) is 5.41. The molecule has 0 aliphatic heterocycles. The van der Waals surface area contributed by atoms with E-state index in [1.165, 1.54) is 205 Å². The molecule has 0 radical (unpaired) electrons. The molecule has 0 aliphatic carbocycles. The zero-order valence-electron chi connectivity index (χ0n) is 62.8. The molecule has 0 bridgehead atoms. The topological polar surface area (TPSA) is 134 Å². The highest BCUT2D eigenvalue weighted by molar-refractivity contribution is 7.47. The minimum atomic E-state index is -4.41. The van der Waals surface area contributed by atoms with Gasteiger partial charge in [-0.25, -0.2) is 4.57 Å². The molecule has 0 aromatic rings. The Kier molecular flexibility index (Phi) is 77.4. The molecule has 556 valence electrons. The van der Waals surface area contributed by atoms with Gasteiger partial charge in [0.25, 0.3) is 0 Å². The zero-order valence-corrected chi connectivity index (χ0v) is 63.7. The van der Waals surface area contributed by atoms with Crippen LogP contribution in [0.3, 0.4) is 0 Å². The number of carbonyl (C=O) groups is 2. The molecule has 0 aromatic heterocycles. The first kappa shape index (κ1) is 92.9. The predicted octanol–water partition coefficient (Wildman–Crippen LogP) is 27.3. The minimum absolute atomic E-state index is 0.0434. The fourth-order valence-corrected chi connectivity index (χ4v) is 12.1. The van der Waals surface area contributed by atoms with E-state index in [9.17, 15) is 19.0 Å². The molecule has 0 fully saturated rings. The molecule has 0 aromatic carbocycles. The second-order valence-corrected chi connectivity index (χ2v) is 28.0. The Balaban J connectivity index is 3.92. The van der Waals surface area contributed by atoms with Gasteiger partial charge in [0.1, 0.15) is 6.61 Å². The number of allylic oxidation sites excluding steroid dienone is 24. The summed E-state index contributed by atoms with van der Waals surface area (Å²) in [5, 5.41) is 0. The molecule has 9 nitrogen and oxygen atoms in total. The van der Waals surface area contributed by atoms with Gasteiger partial charge in [-0.15, -0.1) is 0 Å². The van der Waals surface area contributed by atoms with Crippen molar-refractivity contribution in [3.05, 3.63) is 146 Å². The fourth-order valence-electron chi connectivity index (χ4n) is 11.3. The van der Waals surface area contributed by atoms with E-state index < -0.39 is 26.5 Å². The maximum atomic E-state index is 12.8. The number of hydrogen-bond acceptors (Lipinski definition) is 8. The van der Waals surface area contributed by atoms with Crippen LogP contribution >= 0.6 is 7.82 Å². The van der Waals surface area contributed by atoms with Gasteiger partial charge in [-0.3, -0.25) is 18.6 Å². The molecule has 0 saturated heterocycles. The molecule has 0 heterocycles. The van der Waals surface area contributed by atoms with Gasteiger partial charge in [0.05, 0.1) is 13.2 Å². The maximum Gasteiger partial charge on any atom is 0.472 e. The molecule has 0 saturated carbocycles. The van der Waals surface area contributed by atoms with Crippen molar-refractivity contribution < 1.29 is 37.6 Å². The molecular formula is C87H150NO8P. The molecule has 3 N–H and O–H groups in total. The summed E-state index contributed by atoms with van der Waals surface area (Å²) in [6.07, 6.45) is 117. The van der Waals surface area contributed by atoms with Crippen molar-refractivity contribution in [2.75, 3.05) is 26.4 Å². The van der Waals surface area contributed by atoms with Gasteiger partial charge >= 0.3 is 19.8 Å². The number of phosphoric acid groups is 1. The Morgan fingerprint density at radius 3 is 0.845 bits per heavy atom. The highest BCUT2D eigenvalue weighted by atomic mass is 31.2. The molecule has 2 atom stereocenters. The SMILES string of the molecule is CC/C=C\C/C=C\C/C=C\C/C=C\C/C=C\C/C=C\C/C=C\C/C=C\C/C=C\C/C=C\C/C=C\C/C=C\CCCCCCC(=O)OC(COC(=O)CCCCCCCCCCCCCCCCCCCCCCCCCCCCCCCCCCCCC)COP(=O)(O)OCCN. The highest BCUT2D eigenvalue weighted by Gasteiger charge is 2.26. The van der Waals surface area contributed by atoms with E-state index in [2.05, 4.69) is 160 Å². The van der Waals surface area contributed by atoms with Crippen molar-refractivity contribution in [3.8, 4) is 0 Å². The van der Waals surface area contributed by atoms with E-state index in [0.717, 1.165) is 122 Å². The van der Waals surface area contributed by atoms with Gasteiger partial charge in [-0.1, -0.05) is 391 Å². The van der Waals surface area contributed by atoms with Crippen LogP contribution in [-0.4, -0.2) is 49.3 Å². The number of nitrogens with two attached hydrogens (primary N) is 1. The third kappa shape index (κ3) is 80.8.